The second-order valence-corrected chi connectivity index (χ2v) is 5.72. The van der Waals surface area contributed by atoms with Crippen molar-refractivity contribution in [3.63, 3.8) is 0 Å². The number of hydrogen-bond donors (Lipinski definition) is 1. The van der Waals surface area contributed by atoms with Crippen molar-refractivity contribution >= 4 is 15.9 Å². The number of hydrogen-bond acceptors (Lipinski definition) is 1. The molecule has 2 aromatic rings. The molecule has 1 atom stereocenters. The van der Waals surface area contributed by atoms with Gasteiger partial charge in [-0.15, -0.1) is 0 Å². The van der Waals surface area contributed by atoms with Gasteiger partial charge < -0.3 is 5.32 Å². The summed E-state index contributed by atoms with van der Waals surface area (Å²) in [6, 6.07) is 15.9. The normalized spacial score (nSPS) is 12.3. The lowest BCUT2D eigenvalue weighted by molar-refractivity contribution is 0.492. The Balaban J connectivity index is 1.97. The highest BCUT2D eigenvalue weighted by Crippen LogP contribution is 2.26. The molecule has 0 fully saturated rings. The lowest BCUT2D eigenvalue weighted by atomic mass is 9.99. The number of halogens is 2. The Labute approximate surface area is 128 Å². The third-order valence-corrected chi connectivity index (χ3v) is 4.12. The number of aryl methyl sites for hydroxylation is 1. The van der Waals surface area contributed by atoms with Crippen LogP contribution in [0, 0.1) is 5.82 Å². The first-order chi connectivity index (χ1) is 9.72. The Kier molecular flexibility index (Phi) is 5.74. The van der Waals surface area contributed by atoms with Crippen LogP contribution in [0.1, 0.15) is 30.0 Å². The molecule has 0 saturated carbocycles. The van der Waals surface area contributed by atoms with Crippen molar-refractivity contribution in [3.05, 3.63) is 69.9 Å². The van der Waals surface area contributed by atoms with Gasteiger partial charge in [0.05, 0.1) is 4.47 Å². The van der Waals surface area contributed by atoms with Gasteiger partial charge in [0.15, 0.2) is 0 Å². The Morgan fingerprint density at radius 2 is 1.85 bits per heavy atom. The van der Waals surface area contributed by atoms with E-state index in [-0.39, 0.29) is 11.9 Å². The van der Waals surface area contributed by atoms with Crippen LogP contribution in [0.2, 0.25) is 0 Å². The molecule has 0 spiro atoms. The molecule has 0 amide bonds. The van der Waals surface area contributed by atoms with Gasteiger partial charge in [-0.3, -0.25) is 0 Å². The van der Waals surface area contributed by atoms with Crippen LogP contribution in [0.25, 0.3) is 0 Å². The largest absolute Gasteiger partial charge is 0.313 e. The van der Waals surface area contributed by atoms with Gasteiger partial charge >= 0.3 is 0 Å². The molecule has 0 radical (unpaired) electrons. The zero-order valence-corrected chi connectivity index (χ0v) is 13.2. The Morgan fingerprint density at radius 1 is 1.10 bits per heavy atom. The van der Waals surface area contributed by atoms with Crippen LogP contribution in [0.3, 0.4) is 0 Å². The molecule has 1 N–H and O–H groups in total. The molecule has 0 aromatic heterocycles. The molecule has 0 aliphatic rings. The minimum Gasteiger partial charge on any atom is -0.313 e. The van der Waals surface area contributed by atoms with E-state index in [2.05, 4.69) is 45.5 Å². The maximum absolute atomic E-state index is 14.1. The van der Waals surface area contributed by atoms with Gasteiger partial charge in [-0.1, -0.05) is 42.5 Å². The predicted octanol–water partition coefficient (Wildman–Crippen LogP) is 4.87. The highest BCUT2D eigenvalue weighted by Gasteiger charge is 2.15. The quantitative estimate of drug-likeness (QED) is 0.793. The van der Waals surface area contributed by atoms with Gasteiger partial charge in [-0.25, -0.2) is 4.39 Å². The fourth-order valence-electron chi connectivity index (χ4n) is 2.40. The van der Waals surface area contributed by atoms with E-state index in [1.54, 1.807) is 6.07 Å². The highest BCUT2D eigenvalue weighted by atomic mass is 79.9. The SMILES string of the molecule is CNC(CCCc1ccccc1)c1cccc(Br)c1F. The molecular formula is C17H19BrFN. The van der Waals surface area contributed by atoms with Crippen LogP contribution in [0.5, 0.6) is 0 Å². The number of nitrogens with one attached hydrogen (secondary N) is 1. The summed E-state index contributed by atoms with van der Waals surface area (Å²) in [6.45, 7) is 0. The Morgan fingerprint density at radius 3 is 2.55 bits per heavy atom. The number of benzene rings is 2. The number of rotatable bonds is 6. The van der Waals surface area contributed by atoms with Gasteiger partial charge in [0, 0.05) is 11.6 Å². The molecular weight excluding hydrogens is 317 g/mol. The predicted molar refractivity (Wildman–Crippen MR) is 85.3 cm³/mol. The summed E-state index contributed by atoms with van der Waals surface area (Å²) in [4.78, 5) is 0. The van der Waals surface area contributed by atoms with Gasteiger partial charge in [0.2, 0.25) is 0 Å². The van der Waals surface area contributed by atoms with E-state index in [4.69, 9.17) is 0 Å². The second-order valence-electron chi connectivity index (χ2n) is 4.86. The lowest BCUT2D eigenvalue weighted by Crippen LogP contribution is -2.18. The molecule has 0 heterocycles. The first-order valence-electron chi connectivity index (χ1n) is 6.87. The molecule has 1 unspecified atom stereocenters. The van der Waals surface area contributed by atoms with Gasteiger partial charge in [0.25, 0.3) is 0 Å². The first-order valence-corrected chi connectivity index (χ1v) is 7.66. The minimum absolute atomic E-state index is 0.0520. The van der Waals surface area contributed by atoms with Crippen molar-refractivity contribution in [1.29, 1.82) is 0 Å². The van der Waals surface area contributed by atoms with E-state index < -0.39 is 0 Å². The molecule has 0 aliphatic carbocycles. The topological polar surface area (TPSA) is 12.0 Å². The van der Waals surface area contributed by atoms with Crippen molar-refractivity contribution in [2.45, 2.75) is 25.3 Å². The maximum atomic E-state index is 14.1. The average molecular weight is 336 g/mol. The molecule has 20 heavy (non-hydrogen) atoms. The Hall–Kier alpha value is -1.19. The summed E-state index contributed by atoms with van der Waals surface area (Å²) in [6.07, 6.45) is 2.97. The standard InChI is InChI=1S/C17H19BrFN/c1-20-16(14-10-6-11-15(18)17(14)19)12-5-9-13-7-3-2-4-8-13/h2-4,6-8,10-11,16,20H,5,9,12H2,1H3. The summed E-state index contributed by atoms with van der Waals surface area (Å²) in [5, 5.41) is 3.21. The van der Waals surface area contributed by atoms with Crippen molar-refractivity contribution in [2.24, 2.45) is 0 Å². The van der Waals surface area contributed by atoms with Gasteiger partial charge in [-0.2, -0.15) is 0 Å². The van der Waals surface area contributed by atoms with E-state index in [1.165, 1.54) is 5.56 Å². The van der Waals surface area contributed by atoms with E-state index >= 15 is 0 Å². The zero-order valence-electron chi connectivity index (χ0n) is 11.6. The lowest BCUT2D eigenvalue weighted by Gasteiger charge is -2.18. The van der Waals surface area contributed by atoms with Crippen LogP contribution < -0.4 is 5.32 Å². The monoisotopic (exact) mass is 335 g/mol. The van der Waals surface area contributed by atoms with Gasteiger partial charge in [0.1, 0.15) is 5.82 Å². The van der Waals surface area contributed by atoms with Crippen LogP contribution in [-0.4, -0.2) is 7.05 Å². The molecule has 1 nitrogen and oxygen atoms in total. The fraction of sp³-hybridized carbons (Fsp3) is 0.294. The third kappa shape index (κ3) is 3.90. The summed E-state index contributed by atoms with van der Waals surface area (Å²) in [5.74, 6) is -0.161. The van der Waals surface area contributed by atoms with Crippen molar-refractivity contribution in [3.8, 4) is 0 Å². The minimum atomic E-state index is -0.161. The third-order valence-electron chi connectivity index (χ3n) is 3.51. The van der Waals surface area contributed by atoms with E-state index in [0.717, 1.165) is 24.8 Å². The highest BCUT2D eigenvalue weighted by molar-refractivity contribution is 9.10. The van der Waals surface area contributed by atoms with Crippen molar-refractivity contribution in [2.75, 3.05) is 7.05 Å². The Bertz CT molecular complexity index is 542. The molecule has 106 valence electrons. The van der Waals surface area contributed by atoms with Crippen molar-refractivity contribution < 1.29 is 4.39 Å². The fourth-order valence-corrected chi connectivity index (χ4v) is 2.78. The maximum Gasteiger partial charge on any atom is 0.142 e. The van der Waals surface area contributed by atoms with Crippen molar-refractivity contribution in [1.82, 2.24) is 5.32 Å². The van der Waals surface area contributed by atoms with Crippen LogP contribution in [0.4, 0.5) is 4.39 Å². The summed E-state index contributed by atoms with van der Waals surface area (Å²) in [5.41, 5.74) is 2.06. The smallest absolute Gasteiger partial charge is 0.142 e. The molecule has 0 aliphatic heterocycles. The molecule has 0 bridgehead atoms. The average Bonchev–Trinajstić information content (AvgIpc) is 2.48. The summed E-state index contributed by atoms with van der Waals surface area (Å²) in [7, 11) is 1.88. The van der Waals surface area contributed by atoms with Crippen LogP contribution in [0.15, 0.2) is 53.0 Å². The van der Waals surface area contributed by atoms with E-state index in [1.807, 2.05) is 25.2 Å². The summed E-state index contributed by atoms with van der Waals surface area (Å²) < 4.78 is 14.6. The van der Waals surface area contributed by atoms with Crippen LogP contribution in [-0.2, 0) is 6.42 Å². The molecule has 0 saturated heterocycles. The first kappa shape index (κ1) is 15.2. The summed E-state index contributed by atoms with van der Waals surface area (Å²) >= 11 is 3.25. The van der Waals surface area contributed by atoms with E-state index in [9.17, 15) is 4.39 Å². The molecule has 2 aromatic carbocycles. The van der Waals surface area contributed by atoms with Crippen LogP contribution >= 0.6 is 15.9 Å². The second kappa shape index (κ2) is 7.55. The molecule has 3 heteroatoms. The zero-order chi connectivity index (χ0) is 14.4. The van der Waals surface area contributed by atoms with E-state index in [0.29, 0.717) is 4.47 Å². The van der Waals surface area contributed by atoms with Gasteiger partial charge in [-0.05, 0) is 53.9 Å². The molecule has 2 rings (SSSR count).